The van der Waals surface area contributed by atoms with Gasteiger partial charge in [0.1, 0.15) is 17.7 Å². The van der Waals surface area contributed by atoms with E-state index in [1.807, 2.05) is 57.4 Å². The van der Waals surface area contributed by atoms with E-state index in [0.717, 1.165) is 54.4 Å². The van der Waals surface area contributed by atoms with Gasteiger partial charge in [-0.15, -0.1) is 0 Å². The molecule has 0 bridgehead atoms. The molecule has 0 aromatic heterocycles. The van der Waals surface area contributed by atoms with Crippen LogP contribution >= 0.6 is 23.4 Å². The molecule has 2 rings (SSSR count). The molecule has 0 spiro atoms. The van der Waals surface area contributed by atoms with E-state index >= 15 is 0 Å². The van der Waals surface area contributed by atoms with Crippen LogP contribution in [-0.4, -0.2) is 53.0 Å². The molecule has 2 unspecified atom stereocenters. The standard InChI is InChI=1S/C34H50ClN3O4S/c1-9-10-11-12-13-20-38(32(40)28(19-21-43-8)36-33(41)42-34(5,6)7)30(26-22-23(2)17-18-24(26)3)31(39)37-29-25(4)15-14-16-27(29)35/h14-18,22,28,30H,9-13,19-21H2,1-8H3,(H,36,41)(H,37,39). The van der Waals surface area contributed by atoms with Crippen LogP contribution in [0.15, 0.2) is 36.4 Å². The number of anilines is 1. The lowest BCUT2D eigenvalue weighted by Crippen LogP contribution is -2.53. The lowest BCUT2D eigenvalue weighted by atomic mass is 9.95. The molecule has 0 aliphatic heterocycles. The Morgan fingerprint density at radius 1 is 1.00 bits per heavy atom. The molecular weight excluding hydrogens is 582 g/mol. The zero-order valence-electron chi connectivity index (χ0n) is 27.1. The maximum Gasteiger partial charge on any atom is 0.408 e. The molecule has 0 fully saturated rings. The minimum absolute atomic E-state index is 0.313. The molecule has 9 heteroatoms. The molecule has 0 heterocycles. The molecule has 0 aliphatic rings. The molecule has 0 saturated carbocycles. The monoisotopic (exact) mass is 631 g/mol. The van der Waals surface area contributed by atoms with E-state index in [1.165, 1.54) is 0 Å². The highest BCUT2D eigenvalue weighted by Crippen LogP contribution is 2.31. The quantitative estimate of drug-likeness (QED) is 0.193. The number of carbonyl (C=O) groups excluding carboxylic acids is 3. The molecule has 2 atom stereocenters. The van der Waals surface area contributed by atoms with Crippen LogP contribution in [0.3, 0.4) is 0 Å². The van der Waals surface area contributed by atoms with Gasteiger partial charge in [0.2, 0.25) is 5.91 Å². The Bertz CT molecular complexity index is 1210. The van der Waals surface area contributed by atoms with Crippen LogP contribution in [0.2, 0.25) is 5.02 Å². The Hall–Kier alpha value is -2.71. The molecule has 43 heavy (non-hydrogen) atoms. The molecule has 2 N–H and O–H groups in total. The minimum Gasteiger partial charge on any atom is -0.444 e. The number of alkyl carbamates (subject to hydrolysis) is 1. The number of nitrogens with zero attached hydrogens (tertiary/aromatic N) is 1. The highest BCUT2D eigenvalue weighted by molar-refractivity contribution is 7.98. The number of amides is 3. The van der Waals surface area contributed by atoms with Gasteiger partial charge in [0, 0.05) is 6.54 Å². The van der Waals surface area contributed by atoms with Gasteiger partial charge in [-0.1, -0.05) is 80.1 Å². The number of hydrogen-bond donors (Lipinski definition) is 2. The molecule has 2 aromatic rings. The van der Waals surface area contributed by atoms with Gasteiger partial charge in [-0.2, -0.15) is 11.8 Å². The minimum atomic E-state index is -0.938. The zero-order chi connectivity index (χ0) is 32.2. The van der Waals surface area contributed by atoms with Gasteiger partial charge in [0.25, 0.3) is 5.91 Å². The van der Waals surface area contributed by atoms with Crippen molar-refractivity contribution in [3.63, 3.8) is 0 Å². The summed E-state index contributed by atoms with van der Waals surface area (Å²) in [6.45, 7) is 13.7. The lowest BCUT2D eigenvalue weighted by molar-refractivity contribution is -0.141. The van der Waals surface area contributed by atoms with Crippen LogP contribution < -0.4 is 10.6 Å². The van der Waals surface area contributed by atoms with Crippen molar-refractivity contribution in [2.75, 3.05) is 23.9 Å². The van der Waals surface area contributed by atoms with Crippen molar-refractivity contribution >= 4 is 47.0 Å². The number of hydrogen-bond acceptors (Lipinski definition) is 5. The second-order valence-electron chi connectivity index (χ2n) is 12.1. The van der Waals surface area contributed by atoms with Crippen molar-refractivity contribution in [3.8, 4) is 0 Å². The Kier molecular flexibility index (Phi) is 14.9. The summed E-state index contributed by atoms with van der Waals surface area (Å²) in [5, 5.41) is 6.29. The van der Waals surface area contributed by atoms with Gasteiger partial charge in [-0.3, -0.25) is 9.59 Å². The fourth-order valence-electron chi connectivity index (χ4n) is 4.88. The second-order valence-corrected chi connectivity index (χ2v) is 13.5. The molecule has 2 aromatic carbocycles. The van der Waals surface area contributed by atoms with Crippen LogP contribution in [0.5, 0.6) is 0 Å². The molecule has 7 nitrogen and oxygen atoms in total. The van der Waals surface area contributed by atoms with E-state index in [0.29, 0.717) is 29.4 Å². The fourth-order valence-corrected chi connectivity index (χ4v) is 5.62. The van der Waals surface area contributed by atoms with Crippen LogP contribution in [-0.2, 0) is 14.3 Å². The first kappa shape index (κ1) is 36.5. The molecule has 238 valence electrons. The summed E-state index contributed by atoms with van der Waals surface area (Å²) in [5.74, 6) is -0.0181. The van der Waals surface area contributed by atoms with Crippen LogP contribution in [0.1, 0.15) is 94.5 Å². The number of unbranched alkanes of at least 4 members (excludes halogenated alkanes) is 4. The summed E-state index contributed by atoms with van der Waals surface area (Å²) in [6, 6.07) is 9.58. The Morgan fingerprint density at radius 3 is 2.33 bits per heavy atom. The zero-order valence-corrected chi connectivity index (χ0v) is 28.7. The Balaban J connectivity index is 2.62. The first-order chi connectivity index (χ1) is 20.3. The summed E-state index contributed by atoms with van der Waals surface area (Å²) in [4.78, 5) is 43.4. The van der Waals surface area contributed by atoms with Gasteiger partial charge < -0.3 is 20.3 Å². The molecule has 0 aliphatic carbocycles. The first-order valence-corrected chi connectivity index (χ1v) is 17.0. The van der Waals surface area contributed by atoms with Gasteiger partial charge in [-0.25, -0.2) is 4.79 Å². The topological polar surface area (TPSA) is 87.7 Å². The van der Waals surface area contributed by atoms with Gasteiger partial charge in [-0.05, 0) is 89.1 Å². The van der Waals surface area contributed by atoms with E-state index in [2.05, 4.69) is 17.6 Å². The smallest absolute Gasteiger partial charge is 0.408 e. The SMILES string of the molecule is CCCCCCCN(C(=O)C(CCSC)NC(=O)OC(C)(C)C)C(C(=O)Nc1c(C)cccc1Cl)c1cc(C)ccc1C. The lowest BCUT2D eigenvalue weighted by Gasteiger charge is -2.35. The largest absolute Gasteiger partial charge is 0.444 e. The summed E-state index contributed by atoms with van der Waals surface area (Å²) in [7, 11) is 0. The number of nitrogens with one attached hydrogen (secondary N) is 2. The highest BCUT2D eigenvalue weighted by atomic mass is 35.5. The number of rotatable bonds is 15. The van der Waals surface area contributed by atoms with Crippen molar-refractivity contribution in [3.05, 3.63) is 63.7 Å². The molecule has 0 saturated heterocycles. The summed E-state index contributed by atoms with van der Waals surface area (Å²) < 4.78 is 5.51. The van der Waals surface area contributed by atoms with Gasteiger partial charge >= 0.3 is 6.09 Å². The third kappa shape index (κ3) is 11.7. The third-order valence-corrected chi connectivity index (χ3v) is 8.10. The van der Waals surface area contributed by atoms with E-state index in [1.54, 1.807) is 43.5 Å². The van der Waals surface area contributed by atoms with Crippen molar-refractivity contribution in [1.82, 2.24) is 10.2 Å². The van der Waals surface area contributed by atoms with Gasteiger partial charge in [0.15, 0.2) is 0 Å². The number of thioether (sulfide) groups is 1. The van der Waals surface area contributed by atoms with E-state index in [9.17, 15) is 14.4 Å². The molecule has 0 radical (unpaired) electrons. The predicted octanol–water partition coefficient (Wildman–Crippen LogP) is 8.39. The predicted molar refractivity (Wildman–Crippen MR) is 180 cm³/mol. The highest BCUT2D eigenvalue weighted by Gasteiger charge is 2.37. The number of para-hydroxylation sites is 1. The van der Waals surface area contributed by atoms with Gasteiger partial charge in [0.05, 0.1) is 10.7 Å². The Labute approximate surface area is 267 Å². The Morgan fingerprint density at radius 2 is 1.70 bits per heavy atom. The van der Waals surface area contributed by atoms with Crippen molar-refractivity contribution < 1.29 is 19.1 Å². The van der Waals surface area contributed by atoms with Crippen molar-refractivity contribution in [2.24, 2.45) is 0 Å². The summed E-state index contributed by atoms with van der Waals surface area (Å²) >= 11 is 8.10. The van der Waals surface area contributed by atoms with E-state index in [-0.39, 0.29) is 11.8 Å². The average Bonchev–Trinajstić information content (AvgIpc) is 2.92. The number of carbonyl (C=O) groups is 3. The number of halogens is 1. The fraction of sp³-hybridized carbons (Fsp3) is 0.559. The van der Waals surface area contributed by atoms with Crippen LogP contribution in [0, 0.1) is 20.8 Å². The van der Waals surface area contributed by atoms with Crippen LogP contribution in [0.25, 0.3) is 0 Å². The van der Waals surface area contributed by atoms with Crippen LogP contribution in [0.4, 0.5) is 10.5 Å². The number of ether oxygens (including phenoxy) is 1. The normalized spacial score (nSPS) is 12.8. The van der Waals surface area contributed by atoms with Crippen molar-refractivity contribution in [1.29, 1.82) is 0 Å². The van der Waals surface area contributed by atoms with Crippen molar-refractivity contribution in [2.45, 2.75) is 105 Å². The maximum atomic E-state index is 14.5. The summed E-state index contributed by atoms with van der Waals surface area (Å²) in [6.07, 6.45) is 6.61. The second kappa shape index (κ2) is 17.6. The number of benzene rings is 2. The first-order valence-electron chi connectivity index (χ1n) is 15.2. The average molecular weight is 632 g/mol. The third-order valence-electron chi connectivity index (χ3n) is 7.14. The summed E-state index contributed by atoms with van der Waals surface area (Å²) in [5.41, 5.74) is 3.24. The molecular formula is C34H50ClN3O4S. The number of aryl methyl sites for hydroxylation is 3. The van der Waals surface area contributed by atoms with E-state index in [4.69, 9.17) is 16.3 Å². The maximum absolute atomic E-state index is 14.5. The molecule has 3 amide bonds. The van der Waals surface area contributed by atoms with E-state index < -0.39 is 23.8 Å².